The Morgan fingerprint density at radius 3 is 2.42 bits per heavy atom. The molecule has 1 fully saturated rings. The lowest BCUT2D eigenvalue weighted by atomic mass is 9.95. The minimum absolute atomic E-state index is 0.0346. The van der Waals surface area contributed by atoms with Gasteiger partial charge in [-0.15, -0.1) is 11.3 Å². The van der Waals surface area contributed by atoms with Gasteiger partial charge in [0.15, 0.2) is 11.7 Å². The average molecular weight is 616 g/mol. The van der Waals surface area contributed by atoms with E-state index in [1.165, 1.54) is 26.0 Å². The lowest BCUT2D eigenvalue weighted by molar-refractivity contribution is -0.148. The Balaban J connectivity index is 1.80. The van der Waals surface area contributed by atoms with Gasteiger partial charge in [-0.25, -0.2) is 9.78 Å². The lowest BCUT2D eigenvalue weighted by Crippen LogP contribution is -2.44. The number of rotatable bonds is 15. The van der Waals surface area contributed by atoms with Crippen molar-refractivity contribution in [1.82, 2.24) is 15.2 Å². The standard InChI is InChI=1S/C31H41N3O8S/c1-8-18(4)13-26(37)34(7)24(17(2)3)15-25(41-19(5)35)29-33-23(16-43-29)28(38)32-22(27-31(6,42-27)30(39)40)14-20-9-11-21(36)12-10-20/h9-12,16-17,22,24-25,27,36H,4,8,13-15H2,1-3,5-7H3,(H,32,38)(H,39,40)/t22-,24+,25+,27?,31?/m0/s1. The molecule has 1 aliphatic rings. The number of aromatic hydroxyl groups is 1. The van der Waals surface area contributed by atoms with Crippen LogP contribution in [-0.2, 0) is 30.3 Å². The maximum atomic E-state index is 13.4. The van der Waals surface area contributed by atoms with E-state index < -0.39 is 41.7 Å². The number of esters is 1. The number of hydrogen-bond donors (Lipinski definition) is 3. The van der Waals surface area contributed by atoms with Gasteiger partial charge in [0, 0.05) is 38.2 Å². The van der Waals surface area contributed by atoms with Gasteiger partial charge >= 0.3 is 11.9 Å². The second-order valence-electron chi connectivity index (χ2n) is 11.4. The van der Waals surface area contributed by atoms with Crippen molar-refractivity contribution in [2.75, 3.05) is 7.05 Å². The maximum Gasteiger partial charge on any atom is 0.338 e. The van der Waals surface area contributed by atoms with E-state index in [1.807, 2.05) is 20.8 Å². The van der Waals surface area contributed by atoms with Crippen LogP contribution in [-0.4, -0.2) is 74.7 Å². The van der Waals surface area contributed by atoms with Crippen LogP contribution in [0, 0.1) is 5.92 Å². The summed E-state index contributed by atoms with van der Waals surface area (Å²) in [5.41, 5.74) is 0.230. The van der Waals surface area contributed by atoms with Gasteiger partial charge in [0.2, 0.25) is 5.91 Å². The van der Waals surface area contributed by atoms with Crippen LogP contribution in [0.25, 0.3) is 0 Å². The normalized spacial score (nSPS) is 19.7. The van der Waals surface area contributed by atoms with Crippen LogP contribution in [0.15, 0.2) is 41.8 Å². The molecular weight excluding hydrogens is 574 g/mol. The number of carbonyl (C=O) groups is 4. The Bertz CT molecular complexity index is 1340. The fourth-order valence-electron chi connectivity index (χ4n) is 4.91. The predicted molar refractivity (Wildman–Crippen MR) is 161 cm³/mol. The molecule has 1 aromatic carbocycles. The van der Waals surface area contributed by atoms with Crippen LogP contribution in [0.5, 0.6) is 5.75 Å². The third-order valence-electron chi connectivity index (χ3n) is 7.71. The monoisotopic (exact) mass is 615 g/mol. The Kier molecular flexibility index (Phi) is 11.1. The van der Waals surface area contributed by atoms with Crippen molar-refractivity contribution in [3.05, 3.63) is 58.1 Å². The summed E-state index contributed by atoms with van der Waals surface area (Å²) >= 11 is 1.16. The van der Waals surface area contributed by atoms with Crippen LogP contribution >= 0.6 is 11.3 Å². The number of amides is 2. The molecule has 43 heavy (non-hydrogen) atoms. The molecule has 1 saturated heterocycles. The number of hydrogen-bond acceptors (Lipinski definition) is 9. The smallest absolute Gasteiger partial charge is 0.338 e. The first-order valence-corrected chi connectivity index (χ1v) is 15.1. The van der Waals surface area contributed by atoms with E-state index in [-0.39, 0.29) is 48.6 Å². The number of aromatic nitrogens is 1. The summed E-state index contributed by atoms with van der Waals surface area (Å²) in [6, 6.07) is 5.41. The molecule has 2 unspecified atom stereocenters. The van der Waals surface area contributed by atoms with Gasteiger partial charge in [-0.2, -0.15) is 0 Å². The number of epoxide rings is 1. The fourth-order valence-corrected chi connectivity index (χ4v) is 5.75. The predicted octanol–water partition coefficient (Wildman–Crippen LogP) is 4.27. The summed E-state index contributed by atoms with van der Waals surface area (Å²) in [5.74, 6) is -2.16. The first-order chi connectivity index (χ1) is 20.2. The van der Waals surface area contributed by atoms with Gasteiger partial charge in [-0.1, -0.05) is 45.1 Å². The van der Waals surface area contributed by atoms with Gasteiger partial charge in [0.05, 0.1) is 6.04 Å². The van der Waals surface area contributed by atoms with Crippen molar-refractivity contribution in [1.29, 1.82) is 0 Å². The highest BCUT2D eigenvalue weighted by atomic mass is 32.1. The molecule has 3 rings (SSSR count). The minimum atomic E-state index is -1.44. The van der Waals surface area contributed by atoms with Gasteiger partial charge in [-0.3, -0.25) is 14.4 Å². The fraction of sp³-hybridized carbons (Fsp3) is 0.516. The molecule has 12 heteroatoms. The summed E-state index contributed by atoms with van der Waals surface area (Å²) < 4.78 is 11.1. The van der Waals surface area contributed by atoms with Crippen molar-refractivity contribution in [2.45, 2.75) is 90.2 Å². The Morgan fingerprint density at radius 2 is 1.88 bits per heavy atom. The molecular formula is C31H41N3O8S. The van der Waals surface area contributed by atoms with E-state index >= 15 is 0 Å². The Morgan fingerprint density at radius 1 is 1.23 bits per heavy atom. The summed E-state index contributed by atoms with van der Waals surface area (Å²) in [6.07, 6.45) is -0.109. The number of benzene rings is 1. The molecule has 2 aromatic rings. The number of nitrogens with one attached hydrogen (secondary N) is 1. The largest absolute Gasteiger partial charge is 0.508 e. The van der Waals surface area contributed by atoms with Crippen molar-refractivity contribution in [3.63, 3.8) is 0 Å². The highest BCUT2D eigenvalue weighted by molar-refractivity contribution is 7.09. The van der Waals surface area contributed by atoms with E-state index in [4.69, 9.17) is 9.47 Å². The second kappa shape index (κ2) is 14.1. The van der Waals surface area contributed by atoms with E-state index in [0.717, 1.165) is 22.5 Å². The van der Waals surface area contributed by atoms with Gasteiger partial charge in [0.1, 0.15) is 22.6 Å². The Hall–Kier alpha value is -3.77. The van der Waals surface area contributed by atoms with Crippen LogP contribution < -0.4 is 5.32 Å². The molecule has 0 bridgehead atoms. The zero-order valence-electron chi connectivity index (χ0n) is 25.5. The minimum Gasteiger partial charge on any atom is -0.508 e. The molecule has 2 heterocycles. The second-order valence-corrected chi connectivity index (χ2v) is 12.3. The molecule has 1 aliphatic heterocycles. The molecule has 0 radical (unpaired) electrons. The zero-order chi connectivity index (χ0) is 32.1. The van der Waals surface area contributed by atoms with Crippen LogP contribution in [0.1, 0.15) is 81.0 Å². The van der Waals surface area contributed by atoms with E-state index in [0.29, 0.717) is 11.4 Å². The molecule has 11 nitrogen and oxygen atoms in total. The van der Waals surface area contributed by atoms with Crippen molar-refractivity contribution in [3.8, 4) is 5.75 Å². The lowest BCUT2D eigenvalue weighted by Gasteiger charge is -2.33. The Labute approximate surface area is 255 Å². The highest BCUT2D eigenvalue weighted by Crippen LogP contribution is 2.40. The molecule has 0 saturated carbocycles. The molecule has 3 N–H and O–H groups in total. The number of aliphatic carboxylic acids is 1. The number of thiazole rings is 1. The first kappa shape index (κ1) is 33.7. The van der Waals surface area contributed by atoms with Crippen LogP contribution in [0.4, 0.5) is 0 Å². The van der Waals surface area contributed by atoms with Crippen LogP contribution in [0.2, 0.25) is 0 Å². The third kappa shape index (κ3) is 8.64. The number of carboxylic acid groups (broad SMARTS) is 1. The quantitative estimate of drug-likeness (QED) is 0.151. The molecule has 234 valence electrons. The molecule has 5 atom stereocenters. The summed E-state index contributed by atoms with van der Waals surface area (Å²) in [7, 11) is 1.72. The maximum absolute atomic E-state index is 13.4. The van der Waals surface area contributed by atoms with Crippen LogP contribution in [0.3, 0.4) is 0 Å². The first-order valence-electron chi connectivity index (χ1n) is 14.2. The van der Waals surface area contributed by atoms with Crippen molar-refractivity contribution >= 4 is 35.1 Å². The number of nitrogens with zero attached hydrogens (tertiary/aromatic N) is 2. The van der Waals surface area contributed by atoms with Crippen molar-refractivity contribution in [2.24, 2.45) is 5.92 Å². The summed E-state index contributed by atoms with van der Waals surface area (Å²) in [5, 5.41) is 24.0. The SMILES string of the molecule is C=C(CC)CC(=O)N(C)[C@H](C[C@@H](OC(C)=O)c1nc(C(=O)N[C@@H](Cc2ccc(O)cc2)C2OC2(C)C(=O)O)cs1)C(C)C. The van der Waals surface area contributed by atoms with E-state index in [2.05, 4.69) is 16.9 Å². The summed E-state index contributed by atoms with van der Waals surface area (Å²) in [6.45, 7) is 12.6. The topological polar surface area (TPSA) is 159 Å². The summed E-state index contributed by atoms with van der Waals surface area (Å²) in [4.78, 5) is 56.2. The average Bonchev–Trinajstić information content (AvgIpc) is 3.40. The number of phenolic OH excluding ortho intramolecular Hbond substituents is 1. The molecule has 0 aliphatic carbocycles. The molecule has 0 spiro atoms. The number of carboxylic acids is 1. The number of carbonyl (C=O) groups excluding carboxylic acids is 3. The number of phenols is 1. The highest BCUT2D eigenvalue weighted by Gasteiger charge is 2.62. The van der Waals surface area contributed by atoms with Gasteiger partial charge in [-0.05, 0) is 43.4 Å². The van der Waals surface area contributed by atoms with Gasteiger partial charge in [0.25, 0.3) is 5.91 Å². The van der Waals surface area contributed by atoms with E-state index in [9.17, 15) is 29.4 Å². The zero-order valence-corrected chi connectivity index (χ0v) is 26.3. The number of ether oxygens (including phenoxy) is 2. The van der Waals surface area contributed by atoms with Crippen molar-refractivity contribution < 1.29 is 38.9 Å². The molecule has 2 amide bonds. The van der Waals surface area contributed by atoms with Gasteiger partial charge < -0.3 is 29.9 Å². The third-order valence-corrected chi connectivity index (χ3v) is 8.65. The molecule has 1 aromatic heterocycles. The van der Waals surface area contributed by atoms with E-state index in [1.54, 1.807) is 29.5 Å².